The first-order chi connectivity index (χ1) is 13.2. The van der Waals surface area contributed by atoms with Crippen LogP contribution in [0.25, 0.3) is 22.0 Å². The smallest absolute Gasteiger partial charge is 0.188 e. The summed E-state index contributed by atoms with van der Waals surface area (Å²) in [5.41, 5.74) is 8.31. The maximum atomic E-state index is 8.82. The van der Waals surface area contributed by atoms with Gasteiger partial charge in [0, 0.05) is 10.9 Å². The lowest BCUT2D eigenvalue weighted by Gasteiger charge is -2.11. The molecule has 0 aliphatic rings. The molecular weight excluding hydrogens is 364 g/mol. The van der Waals surface area contributed by atoms with E-state index in [2.05, 4.69) is 15.1 Å². The Morgan fingerprint density at radius 2 is 1.85 bits per heavy atom. The van der Waals surface area contributed by atoms with Gasteiger partial charge in [-0.2, -0.15) is 0 Å². The van der Waals surface area contributed by atoms with E-state index in [1.807, 2.05) is 43.5 Å². The summed E-state index contributed by atoms with van der Waals surface area (Å²) in [4.78, 5) is 9.06. The number of hydrogen-bond acceptors (Lipinski definition) is 7. The van der Waals surface area contributed by atoms with E-state index in [9.17, 15) is 0 Å². The molecule has 0 bridgehead atoms. The Morgan fingerprint density at radius 1 is 1.07 bits per heavy atom. The fourth-order valence-electron chi connectivity index (χ4n) is 2.48. The molecule has 0 atom stereocenters. The third-order valence-corrected chi connectivity index (χ3v) is 4.57. The van der Waals surface area contributed by atoms with Crippen LogP contribution < -0.4 is 15.2 Å². The summed E-state index contributed by atoms with van der Waals surface area (Å²) in [5, 5.41) is 14.6. The Bertz CT molecular complexity index is 956. The van der Waals surface area contributed by atoms with Crippen molar-refractivity contribution in [2.45, 2.75) is 13.8 Å². The molecule has 140 valence electrons. The fourth-order valence-corrected chi connectivity index (χ4v) is 3.29. The number of pyridine rings is 1. The number of ether oxygens (including phenoxy) is 2. The van der Waals surface area contributed by atoms with Gasteiger partial charge in [-0.3, -0.25) is 0 Å². The number of oxime groups is 1. The zero-order valence-electron chi connectivity index (χ0n) is 15.0. The largest absolute Gasteiger partial charge is 0.490 e. The minimum absolute atomic E-state index is 0.0415. The molecule has 0 fully saturated rings. The molecule has 0 aliphatic carbocycles. The van der Waals surface area contributed by atoms with Gasteiger partial charge in [-0.15, -0.1) is 11.3 Å². The second kappa shape index (κ2) is 8.50. The summed E-state index contributed by atoms with van der Waals surface area (Å²) in [5.74, 6) is 1.37. The molecule has 8 heteroatoms. The molecule has 0 saturated carbocycles. The first-order valence-corrected chi connectivity index (χ1v) is 9.35. The van der Waals surface area contributed by atoms with E-state index in [0.29, 0.717) is 36.1 Å². The molecule has 2 aromatic heterocycles. The molecule has 7 nitrogen and oxygen atoms in total. The number of nitrogens with zero attached hydrogens (tertiary/aromatic N) is 3. The van der Waals surface area contributed by atoms with E-state index >= 15 is 0 Å². The van der Waals surface area contributed by atoms with Gasteiger partial charge in [0.15, 0.2) is 17.3 Å². The minimum atomic E-state index is -0.0415. The summed E-state index contributed by atoms with van der Waals surface area (Å²) in [6, 6.07) is 11.1. The highest BCUT2D eigenvalue weighted by Crippen LogP contribution is 2.35. The number of amidine groups is 1. The van der Waals surface area contributed by atoms with Crippen molar-refractivity contribution in [3.63, 3.8) is 0 Å². The molecule has 0 unspecified atom stereocenters. The maximum Gasteiger partial charge on any atom is 0.188 e. The number of nitrogens with two attached hydrogens (primary N) is 1. The topological polar surface area (TPSA) is 103 Å². The normalized spacial score (nSPS) is 11.4. The third-order valence-electron chi connectivity index (χ3n) is 3.68. The van der Waals surface area contributed by atoms with Crippen molar-refractivity contribution in [3.8, 4) is 33.5 Å². The fraction of sp³-hybridized carbons (Fsp3) is 0.211. The van der Waals surface area contributed by atoms with Crippen molar-refractivity contribution in [2.75, 3.05) is 13.2 Å². The average Bonchev–Trinajstić information content (AvgIpc) is 3.19. The lowest BCUT2D eigenvalue weighted by atomic mass is 10.2. The van der Waals surface area contributed by atoms with Crippen LogP contribution in [0.15, 0.2) is 46.9 Å². The summed E-state index contributed by atoms with van der Waals surface area (Å²) in [6.07, 6.45) is 0. The Kier molecular flexibility index (Phi) is 5.87. The van der Waals surface area contributed by atoms with Crippen LogP contribution in [0.2, 0.25) is 0 Å². The third kappa shape index (κ3) is 4.17. The molecule has 0 radical (unpaired) electrons. The van der Waals surface area contributed by atoms with E-state index in [1.54, 1.807) is 12.1 Å². The second-order valence-corrected chi connectivity index (χ2v) is 6.32. The lowest BCUT2D eigenvalue weighted by Crippen LogP contribution is -2.15. The average molecular weight is 384 g/mol. The summed E-state index contributed by atoms with van der Waals surface area (Å²) >= 11 is 1.51. The minimum Gasteiger partial charge on any atom is -0.490 e. The van der Waals surface area contributed by atoms with Gasteiger partial charge in [0.1, 0.15) is 16.4 Å². The Morgan fingerprint density at radius 3 is 2.59 bits per heavy atom. The van der Waals surface area contributed by atoms with Crippen LogP contribution in [0.1, 0.15) is 19.5 Å². The molecule has 0 saturated heterocycles. The van der Waals surface area contributed by atoms with Crippen molar-refractivity contribution in [3.05, 3.63) is 47.5 Å². The van der Waals surface area contributed by atoms with Crippen molar-refractivity contribution in [2.24, 2.45) is 10.9 Å². The molecule has 0 spiro atoms. The Balaban J connectivity index is 1.93. The highest BCUT2D eigenvalue weighted by Gasteiger charge is 2.12. The second-order valence-electron chi connectivity index (χ2n) is 5.46. The number of benzene rings is 1. The van der Waals surface area contributed by atoms with E-state index in [1.165, 1.54) is 11.3 Å². The van der Waals surface area contributed by atoms with E-state index in [4.69, 9.17) is 20.4 Å². The van der Waals surface area contributed by atoms with Crippen LogP contribution in [0.3, 0.4) is 0 Å². The quantitative estimate of drug-likeness (QED) is 0.278. The van der Waals surface area contributed by atoms with Crippen molar-refractivity contribution in [1.29, 1.82) is 0 Å². The summed E-state index contributed by atoms with van der Waals surface area (Å²) in [7, 11) is 0. The Hall–Kier alpha value is -3.13. The van der Waals surface area contributed by atoms with E-state index < -0.39 is 0 Å². The molecule has 1 aromatic carbocycles. The van der Waals surface area contributed by atoms with Crippen molar-refractivity contribution in [1.82, 2.24) is 9.97 Å². The van der Waals surface area contributed by atoms with Gasteiger partial charge in [0.25, 0.3) is 0 Å². The molecular formula is C19H20N4O3S. The van der Waals surface area contributed by atoms with Crippen molar-refractivity contribution < 1.29 is 14.7 Å². The van der Waals surface area contributed by atoms with Gasteiger partial charge in [-0.1, -0.05) is 11.2 Å². The summed E-state index contributed by atoms with van der Waals surface area (Å²) < 4.78 is 11.3. The van der Waals surface area contributed by atoms with Gasteiger partial charge in [0.05, 0.1) is 18.9 Å². The van der Waals surface area contributed by atoms with Gasteiger partial charge in [-0.05, 0) is 44.2 Å². The van der Waals surface area contributed by atoms with Gasteiger partial charge in [0.2, 0.25) is 0 Å². The van der Waals surface area contributed by atoms with Crippen LogP contribution in [-0.2, 0) is 0 Å². The van der Waals surface area contributed by atoms with Crippen LogP contribution in [-0.4, -0.2) is 34.2 Å². The number of aromatic nitrogens is 2. The van der Waals surface area contributed by atoms with Crippen LogP contribution in [0.4, 0.5) is 0 Å². The van der Waals surface area contributed by atoms with Crippen LogP contribution in [0, 0.1) is 0 Å². The van der Waals surface area contributed by atoms with Crippen molar-refractivity contribution >= 4 is 17.2 Å². The molecule has 0 amide bonds. The zero-order chi connectivity index (χ0) is 19.2. The molecule has 3 aromatic rings. The molecule has 0 aliphatic heterocycles. The van der Waals surface area contributed by atoms with Gasteiger partial charge in [-0.25, -0.2) is 9.97 Å². The van der Waals surface area contributed by atoms with Gasteiger partial charge < -0.3 is 20.4 Å². The maximum absolute atomic E-state index is 8.82. The molecule has 27 heavy (non-hydrogen) atoms. The molecule has 2 heterocycles. The van der Waals surface area contributed by atoms with E-state index in [-0.39, 0.29) is 5.84 Å². The molecule has 3 N–H and O–H groups in total. The highest BCUT2D eigenvalue weighted by atomic mass is 32.1. The zero-order valence-corrected chi connectivity index (χ0v) is 15.9. The van der Waals surface area contributed by atoms with Crippen LogP contribution in [0.5, 0.6) is 11.5 Å². The predicted molar refractivity (Wildman–Crippen MR) is 106 cm³/mol. The highest BCUT2D eigenvalue weighted by molar-refractivity contribution is 7.13. The monoisotopic (exact) mass is 384 g/mol. The number of thiazole rings is 1. The van der Waals surface area contributed by atoms with Gasteiger partial charge >= 0.3 is 0 Å². The lowest BCUT2D eigenvalue weighted by molar-refractivity contribution is 0.288. The Labute approximate surface area is 161 Å². The van der Waals surface area contributed by atoms with E-state index in [0.717, 1.165) is 16.3 Å². The standard InChI is InChI=1S/C19H20N4O3S/c1-3-25-16-9-8-12(10-17(16)26-4-2)19-22-15(11-27-19)13-6-5-7-14(21-13)18(20)23-24/h5-11,24H,3-4H2,1-2H3,(H2,20,23). The first kappa shape index (κ1) is 18.7. The first-order valence-electron chi connectivity index (χ1n) is 8.47. The number of hydrogen-bond donors (Lipinski definition) is 2. The predicted octanol–water partition coefficient (Wildman–Crippen LogP) is 3.76. The van der Waals surface area contributed by atoms with Crippen LogP contribution >= 0.6 is 11.3 Å². The summed E-state index contributed by atoms with van der Waals surface area (Å²) in [6.45, 7) is 5.00. The SMILES string of the molecule is CCOc1ccc(-c2nc(-c3cccc(/C(N)=N\O)n3)cs2)cc1OCC. The molecule has 3 rings (SSSR count). The number of rotatable bonds is 7.